The Morgan fingerprint density at radius 1 is 1.71 bits per heavy atom. The summed E-state index contributed by atoms with van der Waals surface area (Å²) in [7, 11) is 1.88. The number of thiazole rings is 1. The molecule has 1 saturated heterocycles. The van der Waals surface area contributed by atoms with Gasteiger partial charge in [0, 0.05) is 24.7 Å². The van der Waals surface area contributed by atoms with Crippen molar-refractivity contribution < 1.29 is 4.79 Å². The summed E-state index contributed by atoms with van der Waals surface area (Å²) in [5.41, 5.74) is 0. The third kappa shape index (κ3) is 3.26. The number of amides is 1. The lowest BCUT2D eigenvalue weighted by Crippen LogP contribution is -2.41. The molecule has 1 amide bonds. The molecule has 1 fully saturated rings. The quantitative estimate of drug-likeness (QED) is 0.886. The van der Waals surface area contributed by atoms with Gasteiger partial charge in [-0.15, -0.1) is 11.3 Å². The fraction of sp³-hybridized carbons (Fsp3) is 0.667. The number of aryl methyl sites for hydroxylation is 1. The first-order valence-corrected chi connectivity index (χ1v) is 6.85. The maximum atomic E-state index is 12.2. The van der Waals surface area contributed by atoms with E-state index in [0.29, 0.717) is 6.54 Å². The second-order valence-corrected chi connectivity index (χ2v) is 5.90. The van der Waals surface area contributed by atoms with Gasteiger partial charge in [-0.3, -0.25) is 4.79 Å². The molecule has 0 aliphatic carbocycles. The topological polar surface area (TPSA) is 45.2 Å². The van der Waals surface area contributed by atoms with Crippen LogP contribution in [-0.2, 0) is 11.3 Å². The molecule has 1 N–H and O–H groups in total. The molecule has 0 aromatic carbocycles. The lowest BCUT2D eigenvalue weighted by molar-refractivity contribution is -0.135. The van der Waals surface area contributed by atoms with Gasteiger partial charge < -0.3 is 10.2 Å². The van der Waals surface area contributed by atoms with Crippen LogP contribution >= 0.6 is 11.3 Å². The molecular weight excluding hydrogens is 234 g/mol. The minimum Gasteiger partial charge on any atom is -0.340 e. The van der Waals surface area contributed by atoms with Crippen LogP contribution in [0.1, 0.15) is 22.7 Å². The van der Waals surface area contributed by atoms with Crippen LogP contribution in [-0.4, -0.2) is 35.9 Å². The molecule has 0 radical (unpaired) electrons. The first-order chi connectivity index (χ1) is 8.16. The second kappa shape index (κ2) is 5.60. The van der Waals surface area contributed by atoms with Crippen molar-refractivity contribution >= 4 is 17.2 Å². The summed E-state index contributed by atoms with van der Waals surface area (Å²) < 4.78 is 0. The molecule has 1 aliphatic rings. The molecule has 1 atom stereocenters. The number of rotatable bonds is 3. The second-order valence-electron chi connectivity index (χ2n) is 4.58. The molecule has 5 heteroatoms. The van der Waals surface area contributed by atoms with Gasteiger partial charge in [0.2, 0.25) is 5.91 Å². The van der Waals surface area contributed by atoms with E-state index in [1.807, 2.05) is 25.1 Å². The van der Waals surface area contributed by atoms with Crippen molar-refractivity contribution in [3.63, 3.8) is 0 Å². The summed E-state index contributed by atoms with van der Waals surface area (Å²) in [5, 5.41) is 4.34. The Bertz CT molecular complexity index is 385. The molecule has 17 heavy (non-hydrogen) atoms. The van der Waals surface area contributed by atoms with Crippen molar-refractivity contribution in [3.8, 4) is 0 Å². The summed E-state index contributed by atoms with van der Waals surface area (Å²) in [6.45, 7) is 4.54. The highest BCUT2D eigenvalue weighted by atomic mass is 32.1. The zero-order valence-electron chi connectivity index (χ0n) is 10.4. The first kappa shape index (κ1) is 12.5. The number of hydrogen-bond donors (Lipinski definition) is 1. The number of nitrogens with zero attached hydrogens (tertiary/aromatic N) is 2. The molecule has 94 valence electrons. The first-order valence-electron chi connectivity index (χ1n) is 6.04. The van der Waals surface area contributed by atoms with E-state index in [2.05, 4.69) is 10.3 Å². The van der Waals surface area contributed by atoms with Crippen molar-refractivity contribution in [3.05, 3.63) is 16.1 Å². The highest BCUT2D eigenvalue weighted by Crippen LogP contribution is 2.17. The molecule has 2 rings (SSSR count). The fourth-order valence-electron chi connectivity index (χ4n) is 2.16. The van der Waals surface area contributed by atoms with Crippen LogP contribution in [0.3, 0.4) is 0 Å². The van der Waals surface area contributed by atoms with E-state index in [1.165, 1.54) is 0 Å². The van der Waals surface area contributed by atoms with Gasteiger partial charge in [-0.1, -0.05) is 0 Å². The molecule has 0 spiro atoms. The van der Waals surface area contributed by atoms with Gasteiger partial charge in [0.25, 0.3) is 0 Å². The molecule has 1 unspecified atom stereocenters. The van der Waals surface area contributed by atoms with Crippen LogP contribution < -0.4 is 5.32 Å². The summed E-state index contributed by atoms with van der Waals surface area (Å²) in [6.07, 6.45) is 3.98. The Hall–Kier alpha value is -0.940. The highest BCUT2D eigenvalue weighted by molar-refractivity contribution is 7.11. The van der Waals surface area contributed by atoms with Crippen molar-refractivity contribution in [1.29, 1.82) is 0 Å². The molecule has 1 aromatic heterocycles. The maximum absolute atomic E-state index is 12.2. The molecule has 1 aromatic rings. The van der Waals surface area contributed by atoms with Gasteiger partial charge in [0.1, 0.15) is 0 Å². The number of hydrogen-bond acceptors (Lipinski definition) is 4. The molecule has 0 bridgehead atoms. The Kier molecular flexibility index (Phi) is 4.12. The van der Waals surface area contributed by atoms with Crippen molar-refractivity contribution in [2.75, 3.05) is 20.1 Å². The van der Waals surface area contributed by atoms with Crippen LogP contribution in [0.5, 0.6) is 0 Å². The lowest BCUT2D eigenvalue weighted by atomic mass is 9.98. The SMILES string of the molecule is Cc1ncc(CN(C)C(=O)C2CCCNC2)s1. The lowest BCUT2D eigenvalue weighted by Gasteiger charge is -2.26. The summed E-state index contributed by atoms with van der Waals surface area (Å²) in [4.78, 5) is 19.4. The van der Waals surface area contributed by atoms with E-state index in [-0.39, 0.29) is 11.8 Å². The van der Waals surface area contributed by atoms with E-state index in [1.54, 1.807) is 11.3 Å². The van der Waals surface area contributed by atoms with E-state index >= 15 is 0 Å². The van der Waals surface area contributed by atoms with Crippen LogP contribution in [0, 0.1) is 12.8 Å². The van der Waals surface area contributed by atoms with E-state index in [0.717, 1.165) is 35.8 Å². The number of nitrogens with one attached hydrogen (secondary N) is 1. The third-order valence-corrected chi connectivity index (χ3v) is 3.98. The van der Waals surface area contributed by atoms with Crippen molar-refractivity contribution in [2.24, 2.45) is 5.92 Å². The Balaban J connectivity index is 1.90. The minimum absolute atomic E-state index is 0.155. The van der Waals surface area contributed by atoms with Gasteiger partial charge >= 0.3 is 0 Å². The molecule has 0 saturated carbocycles. The summed E-state index contributed by atoms with van der Waals surface area (Å²) in [6, 6.07) is 0. The van der Waals surface area contributed by atoms with Crippen molar-refractivity contribution in [2.45, 2.75) is 26.3 Å². The maximum Gasteiger partial charge on any atom is 0.227 e. The largest absolute Gasteiger partial charge is 0.340 e. The number of aromatic nitrogens is 1. The van der Waals surface area contributed by atoms with Crippen LogP contribution in [0.25, 0.3) is 0 Å². The summed E-state index contributed by atoms with van der Waals surface area (Å²) in [5.74, 6) is 0.408. The average Bonchev–Trinajstić information content (AvgIpc) is 2.75. The Morgan fingerprint density at radius 3 is 3.12 bits per heavy atom. The fourth-order valence-corrected chi connectivity index (χ4v) is 3.01. The van der Waals surface area contributed by atoms with E-state index in [4.69, 9.17) is 0 Å². The normalized spacial score (nSPS) is 20.2. The number of carbonyl (C=O) groups excluding carboxylic acids is 1. The molecule has 2 heterocycles. The van der Waals surface area contributed by atoms with E-state index < -0.39 is 0 Å². The number of carbonyl (C=O) groups is 1. The predicted molar refractivity (Wildman–Crippen MR) is 68.9 cm³/mol. The van der Waals surface area contributed by atoms with Gasteiger partial charge in [-0.2, -0.15) is 0 Å². The van der Waals surface area contributed by atoms with Gasteiger partial charge in [-0.05, 0) is 26.3 Å². The van der Waals surface area contributed by atoms with Gasteiger partial charge in [-0.25, -0.2) is 4.98 Å². The number of piperidine rings is 1. The monoisotopic (exact) mass is 253 g/mol. The zero-order valence-corrected chi connectivity index (χ0v) is 11.2. The Morgan fingerprint density at radius 2 is 2.53 bits per heavy atom. The van der Waals surface area contributed by atoms with Crippen molar-refractivity contribution in [1.82, 2.24) is 15.2 Å². The van der Waals surface area contributed by atoms with Gasteiger partial charge in [0.05, 0.1) is 17.5 Å². The Labute approximate surface area is 106 Å². The molecule has 1 aliphatic heterocycles. The van der Waals surface area contributed by atoms with Crippen LogP contribution in [0.2, 0.25) is 0 Å². The zero-order chi connectivity index (χ0) is 12.3. The minimum atomic E-state index is 0.155. The standard InChI is InChI=1S/C12H19N3OS/c1-9-14-7-11(17-9)8-15(2)12(16)10-4-3-5-13-6-10/h7,10,13H,3-6,8H2,1-2H3. The third-order valence-electron chi connectivity index (χ3n) is 3.08. The van der Waals surface area contributed by atoms with Crippen LogP contribution in [0.4, 0.5) is 0 Å². The smallest absolute Gasteiger partial charge is 0.227 e. The molecule has 4 nitrogen and oxygen atoms in total. The van der Waals surface area contributed by atoms with Gasteiger partial charge in [0.15, 0.2) is 0 Å². The van der Waals surface area contributed by atoms with E-state index in [9.17, 15) is 4.79 Å². The predicted octanol–water partition coefficient (Wildman–Crippen LogP) is 1.41. The molecular formula is C12H19N3OS. The van der Waals surface area contributed by atoms with Crippen LogP contribution in [0.15, 0.2) is 6.20 Å². The summed E-state index contributed by atoms with van der Waals surface area (Å²) >= 11 is 1.66. The highest BCUT2D eigenvalue weighted by Gasteiger charge is 2.24. The average molecular weight is 253 g/mol.